The second-order valence-corrected chi connectivity index (χ2v) is 9.38. The molecule has 2 aromatic rings. The summed E-state index contributed by atoms with van der Waals surface area (Å²) in [7, 11) is -3.49. The highest BCUT2D eigenvalue weighted by Gasteiger charge is 2.21. The van der Waals surface area contributed by atoms with Gasteiger partial charge in [-0.3, -0.25) is 4.79 Å². The van der Waals surface area contributed by atoms with Crippen molar-refractivity contribution >= 4 is 44.7 Å². The van der Waals surface area contributed by atoms with Gasteiger partial charge in [0.25, 0.3) is 0 Å². The molecule has 1 amide bonds. The zero-order valence-electron chi connectivity index (χ0n) is 14.2. The third kappa shape index (κ3) is 5.24. The van der Waals surface area contributed by atoms with Crippen LogP contribution >= 0.6 is 23.1 Å². The average molecular weight is 401 g/mol. The molecule has 7 nitrogen and oxygen atoms in total. The molecule has 10 heteroatoms. The lowest BCUT2D eigenvalue weighted by Crippen LogP contribution is -2.30. The van der Waals surface area contributed by atoms with E-state index in [1.54, 1.807) is 26.0 Å². The summed E-state index contributed by atoms with van der Waals surface area (Å²) in [6.07, 6.45) is 0. The smallest absolute Gasteiger partial charge is 0.243 e. The minimum atomic E-state index is -3.49. The number of hydrogen-bond acceptors (Lipinski definition) is 7. The summed E-state index contributed by atoms with van der Waals surface area (Å²) in [5.41, 5.74) is 0.553. The Morgan fingerprint density at radius 1 is 1.20 bits per heavy atom. The normalized spacial score (nSPS) is 11.7. The third-order valence-corrected chi connectivity index (χ3v) is 7.35. The Kier molecular flexibility index (Phi) is 6.94. The Labute approximate surface area is 155 Å². The van der Waals surface area contributed by atoms with Gasteiger partial charge in [0.2, 0.25) is 15.9 Å². The molecule has 136 valence electrons. The number of benzene rings is 1. The number of nitrogens with zero attached hydrogens (tertiary/aromatic N) is 3. The van der Waals surface area contributed by atoms with Crippen LogP contribution in [0.15, 0.2) is 33.5 Å². The molecule has 0 aliphatic carbocycles. The van der Waals surface area contributed by atoms with Gasteiger partial charge < -0.3 is 5.32 Å². The van der Waals surface area contributed by atoms with Crippen LogP contribution in [0, 0.1) is 6.92 Å². The van der Waals surface area contributed by atoms with Crippen LogP contribution in [-0.4, -0.2) is 47.7 Å². The molecule has 1 aromatic carbocycles. The molecule has 0 bridgehead atoms. The van der Waals surface area contributed by atoms with Crippen molar-refractivity contribution in [2.24, 2.45) is 0 Å². The van der Waals surface area contributed by atoms with Crippen LogP contribution in [0.2, 0.25) is 0 Å². The SMILES string of the molecule is CCN(CC)S(=O)(=O)c1ccc(NC(=O)CSc2nnc(C)s2)cc1. The number of sulfonamides is 1. The first-order chi connectivity index (χ1) is 11.9. The number of carbonyl (C=O) groups is 1. The predicted octanol–water partition coefficient (Wildman–Crippen LogP) is 2.61. The molecular weight excluding hydrogens is 380 g/mol. The van der Waals surface area contributed by atoms with Gasteiger partial charge >= 0.3 is 0 Å². The molecule has 0 saturated carbocycles. The number of hydrogen-bond donors (Lipinski definition) is 1. The molecule has 1 aromatic heterocycles. The number of thioether (sulfide) groups is 1. The zero-order valence-corrected chi connectivity index (χ0v) is 16.7. The lowest BCUT2D eigenvalue weighted by molar-refractivity contribution is -0.113. The number of carbonyl (C=O) groups excluding carboxylic acids is 1. The molecule has 25 heavy (non-hydrogen) atoms. The summed E-state index contributed by atoms with van der Waals surface area (Å²) in [5, 5.41) is 11.4. The van der Waals surface area contributed by atoms with Crippen molar-refractivity contribution in [2.45, 2.75) is 30.0 Å². The van der Waals surface area contributed by atoms with Gasteiger partial charge in [0.1, 0.15) is 5.01 Å². The maximum atomic E-state index is 12.4. The van der Waals surface area contributed by atoms with Crippen LogP contribution in [0.5, 0.6) is 0 Å². The average Bonchev–Trinajstić information content (AvgIpc) is 3.00. The first-order valence-corrected chi connectivity index (χ1v) is 10.9. The van der Waals surface area contributed by atoms with E-state index >= 15 is 0 Å². The van der Waals surface area contributed by atoms with E-state index in [0.717, 1.165) is 9.35 Å². The van der Waals surface area contributed by atoms with Gasteiger partial charge in [-0.05, 0) is 31.2 Å². The Morgan fingerprint density at radius 2 is 1.84 bits per heavy atom. The van der Waals surface area contributed by atoms with Crippen molar-refractivity contribution in [3.05, 3.63) is 29.3 Å². The molecule has 0 radical (unpaired) electrons. The lowest BCUT2D eigenvalue weighted by atomic mass is 10.3. The van der Waals surface area contributed by atoms with Gasteiger partial charge in [0.05, 0.1) is 10.6 Å². The van der Waals surface area contributed by atoms with Gasteiger partial charge in [0, 0.05) is 18.8 Å². The minimum absolute atomic E-state index is 0.183. The number of nitrogens with one attached hydrogen (secondary N) is 1. The van der Waals surface area contributed by atoms with Gasteiger partial charge in [0.15, 0.2) is 4.34 Å². The van der Waals surface area contributed by atoms with Crippen molar-refractivity contribution in [3.8, 4) is 0 Å². The van der Waals surface area contributed by atoms with Crippen molar-refractivity contribution in [1.82, 2.24) is 14.5 Å². The molecule has 0 aliphatic rings. The number of anilines is 1. The van der Waals surface area contributed by atoms with Crippen molar-refractivity contribution in [1.29, 1.82) is 0 Å². The monoisotopic (exact) mass is 400 g/mol. The molecule has 1 heterocycles. The van der Waals surface area contributed by atoms with Crippen LogP contribution in [0.1, 0.15) is 18.9 Å². The van der Waals surface area contributed by atoms with Crippen LogP contribution < -0.4 is 5.32 Å². The van der Waals surface area contributed by atoms with Crippen LogP contribution in [-0.2, 0) is 14.8 Å². The van der Waals surface area contributed by atoms with Gasteiger partial charge in [-0.1, -0.05) is 36.9 Å². The Hall–Kier alpha value is -1.49. The van der Waals surface area contributed by atoms with Crippen LogP contribution in [0.25, 0.3) is 0 Å². The fraction of sp³-hybridized carbons (Fsp3) is 0.400. The standard InChI is InChI=1S/C15H20N4O3S3/c1-4-19(5-2)25(21,22)13-8-6-12(7-9-13)16-14(20)10-23-15-18-17-11(3)24-15/h6-9H,4-5,10H2,1-3H3,(H,16,20). The predicted molar refractivity (Wildman–Crippen MR) is 101 cm³/mol. The highest BCUT2D eigenvalue weighted by Crippen LogP contribution is 2.22. The second kappa shape index (κ2) is 8.75. The summed E-state index contributed by atoms with van der Waals surface area (Å²) >= 11 is 2.75. The highest BCUT2D eigenvalue weighted by atomic mass is 32.2. The minimum Gasteiger partial charge on any atom is -0.325 e. The number of aryl methyl sites for hydroxylation is 1. The number of amides is 1. The highest BCUT2D eigenvalue weighted by molar-refractivity contribution is 8.01. The number of aromatic nitrogens is 2. The molecule has 0 spiro atoms. The molecular formula is C15H20N4O3S3. The maximum Gasteiger partial charge on any atom is 0.243 e. The summed E-state index contributed by atoms with van der Waals surface area (Å²) in [5.74, 6) is 0.0333. The van der Waals surface area contributed by atoms with Crippen molar-refractivity contribution in [3.63, 3.8) is 0 Å². The molecule has 0 saturated heterocycles. The molecule has 2 rings (SSSR count). The summed E-state index contributed by atoms with van der Waals surface area (Å²) in [6, 6.07) is 6.19. The van der Waals surface area contributed by atoms with E-state index in [4.69, 9.17) is 0 Å². The van der Waals surface area contributed by atoms with E-state index in [-0.39, 0.29) is 16.6 Å². The van der Waals surface area contributed by atoms with E-state index in [1.807, 2.05) is 6.92 Å². The van der Waals surface area contributed by atoms with Crippen LogP contribution in [0.4, 0.5) is 5.69 Å². The quantitative estimate of drug-likeness (QED) is 0.685. The van der Waals surface area contributed by atoms with E-state index in [1.165, 1.54) is 39.5 Å². The largest absolute Gasteiger partial charge is 0.325 e. The second-order valence-electron chi connectivity index (χ2n) is 5.04. The fourth-order valence-corrected chi connectivity index (χ4v) is 5.16. The third-order valence-electron chi connectivity index (χ3n) is 3.32. The zero-order chi connectivity index (χ0) is 18.4. The van der Waals surface area contributed by atoms with Gasteiger partial charge in [-0.2, -0.15) is 4.31 Å². The first-order valence-electron chi connectivity index (χ1n) is 7.69. The van der Waals surface area contributed by atoms with Gasteiger partial charge in [-0.25, -0.2) is 8.42 Å². The Balaban J connectivity index is 1.96. The summed E-state index contributed by atoms with van der Waals surface area (Å²) in [4.78, 5) is 12.2. The van der Waals surface area contributed by atoms with E-state index < -0.39 is 10.0 Å². The first kappa shape index (κ1) is 19.8. The fourth-order valence-electron chi connectivity index (χ4n) is 2.08. The van der Waals surface area contributed by atoms with E-state index in [9.17, 15) is 13.2 Å². The summed E-state index contributed by atoms with van der Waals surface area (Å²) < 4.78 is 27.0. The molecule has 0 unspecified atom stereocenters. The van der Waals surface area contributed by atoms with E-state index in [2.05, 4.69) is 15.5 Å². The van der Waals surface area contributed by atoms with E-state index in [0.29, 0.717) is 18.8 Å². The maximum absolute atomic E-state index is 12.4. The molecule has 0 aliphatic heterocycles. The van der Waals surface area contributed by atoms with Gasteiger partial charge in [-0.15, -0.1) is 10.2 Å². The number of rotatable bonds is 8. The van der Waals surface area contributed by atoms with Crippen LogP contribution in [0.3, 0.4) is 0 Å². The molecule has 0 fully saturated rings. The Morgan fingerprint density at radius 3 is 2.36 bits per heavy atom. The Bertz CT molecular complexity index is 815. The topological polar surface area (TPSA) is 92.3 Å². The molecule has 1 N–H and O–H groups in total. The summed E-state index contributed by atoms with van der Waals surface area (Å²) in [6.45, 7) is 6.29. The molecule has 0 atom stereocenters. The van der Waals surface area contributed by atoms with Crippen molar-refractivity contribution < 1.29 is 13.2 Å². The van der Waals surface area contributed by atoms with Crippen molar-refractivity contribution in [2.75, 3.05) is 24.2 Å². The lowest BCUT2D eigenvalue weighted by Gasteiger charge is -2.18.